The number of benzene rings is 1. The molecular weight excluding hydrogens is 234 g/mol. The van der Waals surface area contributed by atoms with Gasteiger partial charge >= 0.3 is 0 Å². The van der Waals surface area contributed by atoms with E-state index in [0.717, 1.165) is 25.1 Å². The topological polar surface area (TPSA) is 34.2 Å². The first-order valence-electron chi connectivity index (χ1n) is 6.75. The van der Waals surface area contributed by atoms with Crippen LogP contribution in [0, 0.1) is 0 Å². The second-order valence-corrected chi connectivity index (χ2v) is 5.43. The molecule has 0 radical (unpaired) electrons. The van der Waals surface area contributed by atoms with Gasteiger partial charge in [0.25, 0.3) is 0 Å². The number of fused-ring (bicyclic) bond motifs is 2. The van der Waals surface area contributed by atoms with Crippen LogP contribution >= 0.6 is 0 Å². The zero-order valence-electron chi connectivity index (χ0n) is 11.1. The summed E-state index contributed by atoms with van der Waals surface area (Å²) in [5.74, 6) is 0. The SMILES string of the molecule is CN1Cc2cc(N)ccc2-n2ccc3c2C1=CCC3. The molecule has 0 atom stereocenters. The van der Waals surface area contributed by atoms with Gasteiger partial charge in [0.1, 0.15) is 0 Å². The minimum atomic E-state index is 0.836. The van der Waals surface area contributed by atoms with E-state index in [0.29, 0.717) is 0 Å². The molecule has 3 nitrogen and oxygen atoms in total. The number of nitrogens with two attached hydrogens (primary N) is 1. The smallest absolute Gasteiger partial charge is 0.0719 e. The summed E-state index contributed by atoms with van der Waals surface area (Å²) in [6, 6.07) is 8.47. The summed E-state index contributed by atoms with van der Waals surface area (Å²) in [7, 11) is 2.16. The predicted octanol–water partition coefficient (Wildman–Crippen LogP) is 2.79. The molecule has 2 heterocycles. The molecule has 2 aliphatic rings. The number of nitrogens with zero attached hydrogens (tertiary/aromatic N) is 2. The Bertz CT molecular complexity index is 694. The third-order valence-corrected chi connectivity index (χ3v) is 4.15. The summed E-state index contributed by atoms with van der Waals surface area (Å²) < 4.78 is 2.32. The lowest BCUT2D eigenvalue weighted by molar-refractivity contribution is 0.474. The number of nitrogen functional groups attached to an aromatic ring is 1. The molecule has 0 bridgehead atoms. The Morgan fingerprint density at radius 1 is 1.16 bits per heavy atom. The summed E-state index contributed by atoms with van der Waals surface area (Å²) in [6.07, 6.45) is 6.82. The zero-order chi connectivity index (χ0) is 13.0. The molecule has 2 aromatic rings. The predicted molar refractivity (Wildman–Crippen MR) is 77.9 cm³/mol. The van der Waals surface area contributed by atoms with Crippen LogP contribution in [-0.4, -0.2) is 16.5 Å². The molecular formula is C16H17N3. The van der Waals surface area contributed by atoms with Crippen LogP contribution in [0.3, 0.4) is 0 Å². The lowest BCUT2D eigenvalue weighted by Crippen LogP contribution is -2.17. The second-order valence-electron chi connectivity index (χ2n) is 5.43. The van der Waals surface area contributed by atoms with Crippen LogP contribution in [0.5, 0.6) is 0 Å². The fourth-order valence-electron chi connectivity index (χ4n) is 3.27. The summed E-state index contributed by atoms with van der Waals surface area (Å²) in [5, 5.41) is 0. The first kappa shape index (κ1) is 10.7. The normalized spacial score (nSPS) is 16.5. The van der Waals surface area contributed by atoms with Crippen LogP contribution < -0.4 is 5.73 Å². The van der Waals surface area contributed by atoms with Gasteiger partial charge in [-0.15, -0.1) is 0 Å². The molecule has 0 saturated heterocycles. The van der Waals surface area contributed by atoms with E-state index in [1.807, 2.05) is 6.07 Å². The Hall–Kier alpha value is -2.16. The van der Waals surface area contributed by atoms with E-state index < -0.39 is 0 Å². The molecule has 96 valence electrons. The van der Waals surface area contributed by atoms with Gasteiger partial charge in [-0.1, -0.05) is 6.08 Å². The summed E-state index contributed by atoms with van der Waals surface area (Å²) in [5.41, 5.74) is 13.5. The molecule has 4 rings (SSSR count). The molecule has 0 fully saturated rings. The Labute approximate surface area is 112 Å². The van der Waals surface area contributed by atoms with Crippen molar-refractivity contribution in [3.8, 4) is 5.69 Å². The van der Waals surface area contributed by atoms with E-state index in [4.69, 9.17) is 5.73 Å². The molecule has 1 aromatic heterocycles. The van der Waals surface area contributed by atoms with Crippen molar-refractivity contribution in [1.82, 2.24) is 9.47 Å². The average molecular weight is 251 g/mol. The molecule has 0 unspecified atom stereocenters. The van der Waals surface area contributed by atoms with Crippen molar-refractivity contribution in [2.45, 2.75) is 19.4 Å². The maximum atomic E-state index is 5.94. The summed E-state index contributed by atoms with van der Waals surface area (Å²) >= 11 is 0. The third kappa shape index (κ3) is 1.44. The zero-order valence-corrected chi connectivity index (χ0v) is 11.1. The fraction of sp³-hybridized carbons (Fsp3) is 0.250. The van der Waals surface area contributed by atoms with Crippen molar-refractivity contribution in [2.75, 3.05) is 12.8 Å². The maximum Gasteiger partial charge on any atom is 0.0719 e. The molecule has 2 N–H and O–H groups in total. The van der Waals surface area contributed by atoms with Gasteiger partial charge in [0, 0.05) is 25.5 Å². The van der Waals surface area contributed by atoms with E-state index in [2.05, 4.69) is 47.0 Å². The van der Waals surface area contributed by atoms with Crippen molar-refractivity contribution < 1.29 is 0 Å². The van der Waals surface area contributed by atoms with Crippen molar-refractivity contribution >= 4 is 11.4 Å². The highest BCUT2D eigenvalue weighted by atomic mass is 15.2. The standard InChI is InChI=1S/C16H17N3/c1-18-10-12-9-13(17)5-6-14(12)19-8-7-11-3-2-4-15(18)16(11)19/h4-9H,2-3,10,17H2,1H3. The number of anilines is 1. The van der Waals surface area contributed by atoms with Crippen molar-refractivity contribution in [1.29, 1.82) is 0 Å². The van der Waals surface area contributed by atoms with E-state index in [9.17, 15) is 0 Å². The highest BCUT2D eigenvalue weighted by Crippen LogP contribution is 2.36. The van der Waals surface area contributed by atoms with Gasteiger partial charge < -0.3 is 15.2 Å². The minimum absolute atomic E-state index is 0.836. The number of hydrogen-bond acceptors (Lipinski definition) is 2. The fourth-order valence-corrected chi connectivity index (χ4v) is 3.27. The largest absolute Gasteiger partial charge is 0.399 e. The first-order valence-corrected chi connectivity index (χ1v) is 6.75. The van der Waals surface area contributed by atoms with Crippen LogP contribution in [0.15, 0.2) is 36.5 Å². The van der Waals surface area contributed by atoms with Gasteiger partial charge in [-0.25, -0.2) is 0 Å². The number of rotatable bonds is 0. The van der Waals surface area contributed by atoms with E-state index >= 15 is 0 Å². The quantitative estimate of drug-likeness (QED) is 0.731. The molecule has 0 spiro atoms. The Kier molecular flexibility index (Phi) is 2.07. The van der Waals surface area contributed by atoms with Gasteiger partial charge in [0.05, 0.1) is 17.1 Å². The number of allylic oxidation sites excluding steroid dienone is 1. The Balaban J connectivity index is 2.04. The molecule has 0 saturated carbocycles. The van der Waals surface area contributed by atoms with Crippen molar-refractivity contribution in [3.05, 3.63) is 53.4 Å². The third-order valence-electron chi connectivity index (χ3n) is 4.15. The van der Waals surface area contributed by atoms with Gasteiger partial charge in [-0.3, -0.25) is 0 Å². The van der Waals surface area contributed by atoms with Crippen LogP contribution in [0.25, 0.3) is 11.4 Å². The second kappa shape index (κ2) is 3.67. The number of hydrogen-bond donors (Lipinski definition) is 1. The maximum absolute atomic E-state index is 5.94. The molecule has 19 heavy (non-hydrogen) atoms. The van der Waals surface area contributed by atoms with Gasteiger partial charge in [-0.05, 0) is 48.2 Å². The molecule has 1 aliphatic heterocycles. The van der Waals surface area contributed by atoms with E-state index in [1.54, 1.807) is 0 Å². The van der Waals surface area contributed by atoms with Crippen molar-refractivity contribution in [3.63, 3.8) is 0 Å². The Morgan fingerprint density at radius 3 is 2.95 bits per heavy atom. The molecule has 1 aromatic carbocycles. The number of aryl methyl sites for hydroxylation is 1. The monoisotopic (exact) mass is 251 g/mol. The van der Waals surface area contributed by atoms with Crippen LogP contribution in [0.1, 0.15) is 23.2 Å². The van der Waals surface area contributed by atoms with Gasteiger partial charge in [-0.2, -0.15) is 0 Å². The molecule has 1 aliphatic carbocycles. The Morgan fingerprint density at radius 2 is 2.05 bits per heavy atom. The number of aromatic nitrogens is 1. The lowest BCUT2D eigenvalue weighted by Gasteiger charge is -2.24. The highest BCUT2D eigenvalue weighted by molar-refractivity contribution is 5.71. The summed E-state index contributed by atoms with van der Waals surface area (Å²) in [6.45, 7) is 0.910. The van der Waals surface area contributed by atoms with Crippen LogP contribution in [0.4, 0.5) is 5.69 Å². The molecule has 3 heteroatoms. The minimum Gasteiger partial charge on any atom is -0.399 e. The highest BCUT2D eigenvalue weighted by Gasteiger charge is 2.25. The van der Waals surface area contributed by atoms with Gasteiger partial charge in [0.2, 0.25) is 0 Å². The van der Waals surface area contributed by atoms with E-state index in [1.165, 1.54) is 28.2 Å². The van der Waals surface area contributed by atoms with E-state index in [-0.39, 0.29) is 0 Å². The van der Waals surface area contributed by atoms with Crippen LogP contribution in [-0.2, 0) is 13.0 Å². The van der Waals surface area contributed by atoms with Crippen molar-refractivity contribution in [2.24, 2.45) is 0 Å². The first-order chi connectivity index (χ1) is 9.24. The summed E-state index contributed by atoms with van der Waals surface area (Å²) in [4.78, 5) is 2.33. The molecule has 0 amide bonds. The average Bonchev–Trinajstić information content (AvgIpc) is 2.77. The van der Waals surface area contributed by atoms with Crippen LogP contribution in [0.2, 0.25) is 0 Å². The lowest BCUT2D eigenvalue weighted by atomic mass is 10.0. The van der Waals surface area contributed by atoms with Gasteiger partial charge in [0.15, 0.2) is 0 Å².